The van der Waals surface area contributed by atoms with Crippen LogP contribution in [0.25, 0.3) is 0 Å². The highest BCUT2D eigenvalue weighted by atomic mass is 16.6. The van der Waals surface area contributed by atoms with Gasteiger partial charge >= 0.3 is 6.09 Å². The molecule has 2 rings (SSSR count). The summed E-state index contributed by atoms with van der Waals surface area (Å²) in [5.74, 6) is 1.45. The van der Waals surface area contributed by atoms with Crippen molar-refractivity contribution in [3.63, 3.8) is 0 Å². The summed E-state index contributed by atoms with van der Waals surface area (Å²) in [6.45, 7) is 9.04. The number of rotatable bonds is 0. The lowest BCUT2D eigenvalue weighted by Gasteiger charge is -2.46. The van der Waals surface area contributed by atoms with E-state index >= 15 is 0 Å². The number of hydrogen-bond donors (Lipinski definition) is 0. The topological polar surface area (TPSA) is 29.5 Å². The summed E-state index contributed by atoms with van der Waals surface area (Å²) in [5.41, 5.74) is -0.385. The SMILES string of the molecule is C[C@H]1CCC[C@@H]2[C@H]1CCCN2C(=O)OC(C)(C)C. The number of carbonyl (C=O) groups is 1. The fraction of sp³-hybridized carbons (Fsp3) is 0.933. The number of nitrogens with zero attached hydrogens (tertiary/aromatic N) is 1. The minimum Gasteiger partial charge on any atom is -0.444 e. The van der Waals surface area contributed by atoms with E-state index in [1.165, 1.54) is 19.3 Å². The molecule has 3 nitrogen and oxygen atoms in total. The van der Waals surface area contributed by atoms with Crippen LogP contribution in [0, 0.1) is 11.8 Å². The molecule has 1 saturated heterocycles. The first-order valence-electron chi connectivity index (χ1n) is 7.38. The third-order valence-electron chi connectivity index (χ3n) is 4.35. The number of piperidine rings is 1. The Balaban J connectivity index is 2.05. The highest BCUT2D eigenvalue weighted by molar-refractivity contribution is 5.68. The number of fused-ring (bicyclic) bond motifs is 1. The average molecular weight is 253 g/mol. The average Bonchev–Trinajstić information content (AvgIpc) is 2.26. The summed E-state index contributed by atoms with van der Waals surface area (Å²) < 4.78 is 5.55. The molecule has 0 bridgehead atoms. The zero-order valence-corrected chi connectivity index (χ0v) is 12.2. The van der Waals surface area contributed by atoms with Gasteiger partial charge in [0.15, 0.2) is 0 Å². The molecule has 3 atom stereocenters. The Kier molecular flexibility index (Phi) is 3.88. The van der Waals surface area contributed by atoms with E-state index in [-0.39, 0.29) is 11.7 Å². The Hall–Kier alpha value is -0.730. The molecular formula is C15H27NO2. The molecule has 1 saturated carbocycles. The van der Waals surface area contributed by atoms with Crippen LogP contribution in [0.4, 0.5) is 4.79 Å². The van der Waals surface area contributed by atoms with Crippen LogP contribution >= 0.6 is 0 Å². The molecule has 0 N–H and O–H groups in total. The van der Waals surface area contributed by atoms with Gasteiger partial charge in [-0.25, -0.2) is 4.79 Å². The summed E-state index contributed by atoms with van der Waals surface area (Å²) >= 11 is 0. The molecule has 104 valence electrons. The van der Waals surface area contributed by atoms with E-state index in [2.05, 4.69) is 6.92 Å². The van der Waals surface area contributed by atoms with Crippen LogP contribution in [0.15, 0.2) is 0 Å². The van der Waals surface area contributed by atoms with E-state index in [9.17, 15) is 4.79 Å². The predicted octanol–water partition coefficient (Wildman–Crippen LogP) is 3.82. The van der Waals surface area contributed by atoms with Gasteiger partial charge in [0.2, 0.25) is 0 Å². The van der Waals surface area contributed by atoms with Crippen molar-refractivity contribution >= 4 is 6.09 Å². The summed E-state index contributed by atoms with van der Waals surface area (Å²) in [6.07, 6.45) is 6.04. The predicted molar refractivity (Wildman–Crippen MR) is 72.5 cm³/mol. The molecule has 3 heteroatoms. The molecule has 1 aliphatic heterocycles. The van der Waals surface area contributed by atoms with Crippen LogP contribution in [0.2, 0.25) is 0 Å². The van der Waals surface area contributed by atoms with E-state index in [0.29, 0.717) is 12.0 Å². The number of amides is 1. The summed E-state index contributed by atoms with van der Waals surface area (Å²) in [6, 6.07) is 0.428. The smallest absolute Gasteiger partial charge is 0.410 e. The largest absolute Gasteiger partial charge is 0.444 e. The van der Waals surface area contributed by atoms with Crippen molar-refractivity contribution in [2.75, 3.05) is 6.54 Å². The number of hydrogen-bond acceptors (Lipinski definition) is 2. The van der Waals surface area contributed by atoms with Gasteiger partial charge in [0.1, 0.15) is 5.60 Å². The Morgan fingerprint density at radius 2 is 1.89 bits per heavy atom. The van der Waals surface area contributed by atoms with Gasteiger partial charge < -0.3 is 9.64 Å². The standard InChI is InChI=1S/C15H27NO2/c1-11-7-5-9-13-12(11)8-6-10-16(13)14(17)18-15(2,3)4/h11-13H,5-10H2,1-4H3/t11-,12-,13+/m0/s1. The lowest BCUT2D eigenvalue weighted by molar-refractivity contribution is -0.0161. The van der Waals surface area contributed by atoms with E-state index in [0.717, 1.165) is 25.3 Å². The molecule has 18 heavy (non-hydrogen) atoms. The molecule has 2 aliphatic rings. The maximum atomic E-state index is 12.3. The second-order valence-corrected chi connectivity index (χ2v) is 6.96. The second kappa shape index (κ2) is 5.10. The molecule has 1 aliphatic carbocycles. The van der Waals surface area contributed by atoms with E-state index in [1.54, 1.807) is 0 Å². The summed E-state index contributed by atoms with van der Waals surface area (Å²) in [5, 5.41) is 0. The molecular weight excluding hydrogens is 226 g/mol. The van der Waals surface area contributed by atoms with Crippen molar-refractivity contribution < 1.29 is 9.53 Å². The summed E-state index contributed by atoms with van der Waals surface area (Å²) in [4.78, 5) is 14.3. The molecule has 0 radical (unpaired) electrons. The maximum absolute atomic E-state index is 12.3. The molecule has 0 aromatic carbocycles. The highest BCUT2D eigenvalue weighted by Gasteiger charge is 2.40. The first kappa shape index (κ1) is 13.7. The van der Waals surface area contributed by atoms with Gasteiger partial charge in [-0.1, -0.05) is 19.8 Å². The lowest BCUT2D eigenvalue weighted by atomic mass is 9.72. The molecule has 0 aromatic heterocycles. The Morgan fingerprint density at radius 3 is 2.56 bits per heavy atom. The maximum Gasteiger partial charge on any atom is 0.410 e. The molecule has 2 fully saturated rings. The first-order chi connectivity index (χ1) is 8.38. The molecule has 1 heterocycles. The van der Waals surface area contributed by atoms with Crippen LogP contribution < -0.4 is 0 Å². The van der Waals surface area contributed by atoms with Crippen molar-refractivity contribution in [2.24, 2.45) is 11.8 Å². The Morgan fingerprint density at radius 1 is 1.17 bits per heavy atom. The van der Waals surface area contributed by atoms with Gasteiger partial charge in [0.05, 0.1) is 0 Å². The van der Waals surface area contributed by atoms with Gasteiger partial charge in [0, 0.05) is 12.6 Å². The van der Waals surface area contributed by atoms with Crippen LogP contribution in [0.5, 0.6) is 0 Å². The number of ether oxygens (including phenoxy) is 1. The van der Waals surface area contributed by atoms with Crippen LogP contribution in [0.3, 0.4) is 0 Å². The van der Waals surface area contributed by atoms with Crippen LogP contribution in [0.1, 0.15) is 59.8 Å². The van der Waals surface area contributed by atoms with Gasteiger partial charge in [-0.05, 0) is 51.9 Å². The van der Waals surface area contributed by atoms with E-state index in [1.807, 2.05) is 25.7 Å². The number of likely N-dealkylation sites (tertiary alicyclic amines) is 1. The van der Waals surface area contributed by atoms with Crippen LogP contribution in [-0.4, -0.2) is 29.2 Å². The van der Waals surface area contributed by atoms with Gasteiger partial charge in [-0.2, -0.15) is 0 Å². The van der Waals surface area contributed by atoms with E-state index < -0.39 is 0 Å². The fourth-order valence-corrected chi connectivity index (χ4v) is 3.53. The van der Waals surface area contributed by atoms with Crippen molar-refractivity contribution in [2.45, 2.75) is 71.4 Å². The van der Waals surface area contributed by atoms with Gasteiger partial charge in [0.25, 0.3) is 0 Å². The summed E-state index contributed by atoms with van der Waals surface area (Å²) in [7, 11) is 0. The Bertz CT molecular complexity index is 308. The molecule has 0 aromatic rings. The fourth-order valence-electron chi connectivity index (χ4n) is 3.53. The van der Waals surface area contributed by atoms with Crippen molar-refractivity contribution in [3.05, 3.63) is 0 Å². The Labute approximate surface area is 111 Å². The third-order valence-corrected chi connectivity index (χ3v) is 4.35. The van der Waals surface area contributed by atoms with E-state index in [4.69, 9.17) is 4.74 Å². The normalized spacial score (nSPS) is 32.9. The van der Waals surface area contributed by atoms with Crippen LogP contribution in [-0.2, 0) is 4.74 Å². The highest BCUT2D eigenvalue weighted by Crippen LogP contribution is 2.39. The first-order valence-corrected chi connectivity index (χ1v) is 7.38. The quantitative estimate of drug-likeness (QED) is 0.656. The second-order valence-electron chi connectivity index (χ2n) is 6.96. The molecule has 0 unspecified atom stereocenters. The monoisotopic (exact) mass is 253 g/mol. The zero-order chi connectivity index (χ0) is 13.3. The van der Waals surface area contributed by atoms with Crippen molar-refractivity contribution in [3.8, 4) is 0 Å². The van der Waals surface area contributed by atoms with Gasteiger partial charge in [-0.15, -0.1) is 0 Å². The number of carbonyl (C=O) groups excluding carboxylic acids is 1. The minimum absolute atomic E-state index is 0.105. The van der Waals surface area contributed by atoms with Crippen molar-refractivity contribution in [1.29, 1.82) is 0 Å². The minimum atomic E-state index is -0.385. The molecule has 1 amide bonds. The zero-order valence-electron chi connectivity index (χ0n) is 12.2. The lowest BCUT2D eigenvalue weighted by Crippen LogP contribution is -2.52. The van der Waals surface area contributed by atoms with Gasteiger partial charge in [-0.3, -0.25) is 0 Å². The third kappa shape index (κ3) is 2.99. The molecule has 0 spiro atoms. The van der Waals surface area contributed by atoms with Crippen molar-refractivity contribution in [1.82, 2.24) is 4.90 Å².